The zero-order chi connectivity index (χ0) is 27.1. The van der Waals surface area contributed by atoms with Crippen molar-refractivity contribution in [2.75, 3.05) is 21.3 Å². The number of methoxy groups -OCH3 is 3. The van der Waals surface area contributed by atoms with E-state index in [0.717, 1.165) is 0 Å². The normalized spacial score (nSPS) is 11.1. The number of aromatic nitrogens is 1. The minimum absolute atomic E-state index is 0.0243. The van der Waals surface area contributed by atoms with Crippen LogP contribution in [0, 0.1) is 10.1 Å². The fraction of sp³-hybridized carbons (Fsp3) is 0.107. The van der Waals surface area contributed by atoms with Gasteiger partial charge in [-0.15, -0.1) is 0 Å². The molecule has 10 heteroatoms. The molecule has 0 aliphatic rings. The molecule has 0 saturated carbocycles. The number of rotatable bonds is 9. The number of ether oxygens (including phenoxy) is 3. The van der Waals surface area contributed by atoms with E-state index >= 15 is 0 Å². The van der Waals surface area contributed by atoms with Gasteiger partial charge in [0.2, 0.25) is 5.75 Å². The van der Waals surface area contributed by atoms with E-state index in [-0.39, 0.29) is 5.69 Å². The Kier molecular flexibility index (Phi) is 7.92. The van der Waals surface area contributed by atoms with Gasteiger partial charge in [-0.3, -0.25) is 14.9 Å². The minimum atomic E-state index is -0.460. The first-order valence-corrected chi connectivity index (χ1v) is 11.4. The predicted octanol–water partition coefficient (Wildman–Crippen LogP) is 5.26. The van der Waals surface area contributed by atoms with Gasteiger partial charge in [-0.2, -0.15) is 5.10 Å². The molecule has 0 spiro atoms. The molecule has 4 aromatic rings. The molecule has 1 N–H and O–H groups in total. The molecule has 0 aliphatic heterocycles. The number of nitro benzene ring substituents is 1. The summed E-state index contributed by atoms with van der Waals surface area (Å²) in [5, 5.41) is 15.8. The molecule has 0 aliphatic carbocycles. The van der Waals surface area contributed by atoms with Crippen molar-refractivity contribution in [2.45, 2.75) is 0 Å². The third-order valence-corrected chi connectivity index (χ3v) is 5.66. The highest BCUT2D eigenvalue weighted by atomic mass is 16.6. The molecule has 0 saturated heterocycles. The van der Waals surface area contributed by atoms with Crippen molar-refractivity contribution in [3.63, 3.8) is 0 Å². The Labute approximate surface area is 218 Å². The van der Waals surface area contributed by atoms with Gasteiger partial charge in [0.1, 0.15) is 0 Å². The number of carbonyl (C=O) groups is 1. The molecule has 0 unspecified atom stereocenters. The Morgan fingerprint density at radius 1 is 0.974 bits per heavy atom. The van der Waals surface area contributed by atoms with Crippen LogP contribution in [-0.4, -0.2) is 43.4 Å². The predicted molar refractivity (Wildman–Crippen MR) is 145 cm³/mol. The van der Waals surface area contributed by atoms with Crippen LogP contribution in [0.25, 0.3) is 28.2 Å². The lowest BCUT2D eigenvalue weighted by molar-refractivity contribution is -0.385. The minimum Gasteiger partial charge on any atom is -0.493 e. The van der Waals surface area contributed by atoms with Crippen LogP contribution in [0.1, 0.15) is 15.9 Å². The number of hydrogen-bond donors (Lipinski definition) is 1. The summed E-state index contributed by atoms with van der Waals surface area (Å²) < 4.78 is 16.3. The molecule has 192 valence electrons. The number of amides is 1. The summed E-state index contributed by atoms with van der Waals surface area (Å²) in [6, 6.07) is 18.8. The number of nitro groups is 1. The number of fused-ring (bicyclic) bond motifs is 1. The van der Waals surface area contributed by atoms with Crippen molar-refractivity contribution in [2.24, 2.45) is 5.10 Å². The summed E-state index contributed by atoms with van der Waals surface area (Å²) in [4.78, 5) is 28.5. The molecule has 10 nitrogen and oxygen atoms in total. The zero-order valence-electron chi connectivity index (χ0n) is 20.9. The van der Waals surface area contributed by atoms with Crippen LogP contribution in [-0.2, 0) is 0 Å². The maximum atomic E-state index is 13.1. The third-order valence-electron chi connectivity index (χ3n) is 5.66. The first-order chi connectivity index (χ1) is 18.5. The molecule has 1 aromatic heterocycles. The maximum absolute atomic E-state index is 13.1. The highest BCUT2D eigenvalue weighted by Gasteiger charge is 2.18. The summed E-state index contributed by atoms with van der Waals surface area (Å²) in [6.07, 6.45) is 4.39. The van der Waals surface area contributed by atoms with Crippen molar-refractivity contribution in [3.8, 4) is 28.5 Å². The summed E-state index contributed by atoms with van der Waals surface area (Å²) in [7, 11) is 4.57. The Bertz CT molecular complexity index is 1540. The Morgan fingerprint density at radius 3 is 2.34 bits per heavy atom. The number of hydrogen-bond acceptors (Lipinski definition) is 8. The quantitative estimate of drug-likeness (QED) is 0.184. The number of pyridine rings is 1. The van der Waals surface area contributed by atoms with Crippen LogP contribution in [0.2, 0.25) is 0 Å². The van der Waals surface area contributed by atoms with Crippen molar-refractivity contribution < 1.29 is 23.9 Å². The van der Waals surface area contributed by atoms with Gasteiger partial charge in [0.05, 0.1) is 48.6 Å². The molecular formula is C28H24N4O6. The second-order valence-electron chi connectivity index (χ2n) is 7.88. The Balaban J connectivity index is 1.64. The average molecular weight is 513 g/mol. The van der Waals surface area contributed by atoms with E-state index in [0.29, 0.717) is 50.5 Å². The number of nitrogens with one attached hydrogen (secondary N) is 1. The second-order valence-corrected chi connectivity index (χ2v) is 7.88. The number of hydrazone groups is 1. The van der Waals surface area contributed by atoms with Gasteiger partial charge in [-0.25, -0.2) is 10.4 Å². The van der Waals surface area contributed by atoms with Crippen molar-refractivity contribution in [3.05, 3.63) is 94.0 Å². The average Bonchev–Trinajstić information content (AvgIpc) is 2.95. The van der Waals surface area contributed by atoms with E-state index in [1.165, 1.54) is 45.8 Å². The van der Waals surface area contributed by atoms with E-state index in [9.17, 15) is 14.9 Å². The van der Waals surface area contributed by atoms with E-state index in [4.69, 9.17) is 19.2 Å². The summed E-state index contributed by atoms with van der Waals surface area (Å²) in [5.41, 5.74) is 5.06. The number of benzene rings is 3. The van der Waals surface area contributed by atoms with Gasteiger partial charge in [-0.1, -0.05) is 30.3 Å². The molecule has 0 radical (unpaired) electrons. The number of allylic oxidation sites excluding steroid dienone is 1. The van der Waals surface area contributed by atoms with E-state index in [1.54, 1.807) is 42.5 Å². The third kappa shape index (κ3) is 5.44. The lowest BCUT2D eigenvalue weighted by Crippen LogP contribution is -2.18. The molecule has 0 atom stereocenters. The van der Waals surface area contributed by atoms with Gasteiger partial charge in [-0.05, 0) is 42.5 Å². The number of nitrogens with zero attached hydrogens (tertiary/aromatic N) is 3. The fourth-order valence-electron chi connectivity index (χ4n) is 3.88. The van der Waals surface area contributed by atoms with E-state index < -0.39 is 10.8 Å². The van der Waals surface area contributed by atoms with Gasteiger partial charge in [0.15, 0.2) is 11.5 Å². The second kappa shape index (κ2) is 11.7. The molecule has 0 bridgehead atoms. The summed E-state index contributed by atoms with van der Waals surface area (Å²) in [6.45, 7) is 0. The Hall–Kier alpha value is -5.25. The first kappa shape index (κ1) is 25.8. The number of carbonyl (C=O) groups excluding carboxylic acids is 1. The monoisotopic (exact) mass is 512 g/mol. The van der Waals surface area contributed by atoms with E-state index in [1.807, 2.05) is 18.2 Å². The van der Waals surface area contributed by atoms with Gasteiger partial charge >= 0.3 is 0 Å². The summed E-state index contributed by atoms with van der Waals surface area (Å²) >= 11 is 0. The molecule has 38 heavy (non-hydrogen) atoms. The van der Waals surface area contributed by atoms with Gasteiger partial charge in [0, 0.05) is 23.2 Å². The van der Waals surface area contributed by atoms with Crippen LogP contribution in [0.5, 0.6) is 17.2 Å². The van der Waals surface area contributed by atoms with E-state index in [2.05, 4.69) is 10.5 Å². The topological polar surface area (TPSA) is 125 Å². The first-order valence-electron chi connectivity index (χ1n) is 11.4. The zero-order valence-corrected chi connectivity index (χ0v) is 20.9. The standard InChI is InChI=1S/C28H24N4O6/c1-36-25-15-19(16-26(37-2)27(25)38-3)23-17-21(20-11-5-6-12-22(20)30-23)28(33)31-29-14-8-10-18-9-4-7-13-24(18)32(34)35/h4-17H,1-3H3,(H,31,33). The number of para-hydroxylation sites is 2. The highest BCUT2D eigenvalue weighted by molar-refractivity contribution is 6.07. The fourth-order valence-corrected chi connectivity index (χ4v) is 3.88. The molecular weight excluding hydrogens is 488 g/mol. The maximum Gasteiger partial charge on any atom is 0.276 e. The van der Waals surface area contributed by atoms with Crippen molar-refractivity contribution in [1.29, 1.82) is 0 Å². The lowest BCUT2D eigenvalue weighted by atomic mass is 10.0. The lowest BCUT2D eigenvalue weighted by Gasteiger charge is -2.15. The molecule has 0 fully saturated rings. The summed E-state index contributed by atoms with van der Waals surface area (Å²) in [5.74, 6) is 0.907. The SMILES string of the molecule is COc1cc(-c2cc(C(=O)NN=CC=Cc3ccccc3[N+](=O)[O-])c3ccccc3n2)cc(OC)c1OC. The molecule has 1 heterocycles. The van der Waals surface area contributed by atoms with Crippen molar-refractivity contribution in [1.82, 2.24) is 10.4 Å². The van der Waals surface area contributed by atoms with Crippen LogP contribution >= 0.6 is 0 Å². The highest BCUT2D eigenvalue weighted by Crippen LogP contribution is 2.41. The van der Waals surface area contributed by atoms with Gasteiger partial charge in [0.25, 0.3) is 11.6 Å². The van der Waals surface area contributed by atoms with Crippen LogP contribution in [0.4, 0.5) is 5.69 Å². The largest absolute Gasteiger partial charge is 0.493 e. The van der Waals surface area contributed by atoms with Crippen LogP contribution in [0.3, 0.4) is 0 Å². The van der Waals surface area contributed by atoms with Crippen LogP contribution < -0.4 is 19.6 Å². The molecule has 4 rings (SSSR count). The molecule has 1 amide bonds. The van der Waals surface area contributed by atoms with Crippen molar-refractivity contribution >= 4 is 34.8 Å². The van der Waals surface area contributed by atoms with Gasteiger partial charge < -0.3 is 14.2 Å². The molecule has 3 aromatic carbocycles. The Morgan fingerprint density at radius 2 is 1.66 bits per heavy atom. The smallest absolute Gasteiger partial charge is 0.276 e. The van der Waals surface area contributed by atoms with Crippen LogP contribution in [0.15, 0.2) is 77.9 Å².